The van der Waals surface area contributed by atoms with Crippen molar-refractivity contribution in [3.63, 3.8) is 0 Å². The van der Waals surface area contributed by atoms with E-state index >= 15 is 0 Å². The molecule has 0 saturated carbocycles. The van der Waals surface area contributed by atoms with Crippen molar-refractivity contribution in [3.8, 4) is 0 Å². The number of nitrogen functional groups attached to an aromatic ring is 1. The summed E-state index contributed by atoms with van der Waals surface area (Å²) in [6, 6.07) is 2.81. The van der Waals surface area contributed by atoms with Gasteiger partial charge in [-0.1, -0.05) is 0 Å². The zero-order valence-electron chi connectivity index (χ0n) is 8.43. The van der Waals surface area contributed by atoms with Crippen LogP contribution in [0.15, 0.2) is 12.1 Å². The predicted molar refractivity (Wildman–Crippen MR) is 55.3 cm³/mol. The van der Waals surface area contributed by atoms with Crippen LogP contribution in [0.2, 0.25) is 0 Å². The van der Waals surface area contributed by atoms with E-state index in [4.69, 9.17) is 5.73 Å². The Hall–Kier alpha value is -2.18. The molecule has 16 heavy (non-hydrogen) atoms. The summed E-state index contributed by atoms with van der Waals surface area (Å²) in [7, 11) is 0. The smallest absolute Gasteiger partial charge is 0.272 e. The van der Waals surface area contributed by atoms with Gasteiger partial charge < -0.3 is 16.4 Å². The van der Waals surface area contributed by atoms with Crippen molar-refractivity contribution in [2.45, 2.75) is 12.5 Å². The van der Waals surface area contributed by atoms with Crippen LogP contribution in [0.3, 0.4) is 0 Å². The first-order chi connectivity index (χ1) is 7.65. The molecule has 1 aromatic heterocycles. The molecule has 7 nitrogen and oxygen atoms in total. The van der Waals surface area contributed by atoms with E-state index in [2.05, 4.69) is 20.8 Å². The number of rotatable bonds is 2. The Morgan fingerprint density at radius 1 is 1.50 bits per heavy atom. The van der Waals surface area contributed by atoms with Crippen LogP contribution in [0.5, 0.6) is 0 Å². The summed E-state index contributed by atoms with van der Waals surface area (Å²) in [5.41, 5.74) is 5.54. The topological polar surface area (TPSA) is 110 Å². The van der Waals surface area contributed by atoms with E-state index in [-0.39, 0.29) is 29.4 Å². The fourth-order valence-corrected chi connectivity index (χ4v) is 1.43. The third-order valence-corrected chi connectivity index (χ3v) is 2.23. The number of hydrogen-bond acceptors (Lipinski definition) is 5. The molecule has 4 N–H and O–H groups in total. The Balaban J connectivity index is 1.98. The maximum atomic E-state index is 11.6. The molecule has 7 heteroatoms. The fraction of sp³-hybridized carbons (Fsp3) is 0.333. The molecular weight excluding hydrogens is 210 g/mol. The molecule has 2 rings (SSSR count). The summed E-state index contributed by atoms with van der Waals surface area (Å²) in [6.45, 7) is 0.451. The lowest BCUT2D eigenvalue weighted by Gasteiger charge is -2.09. The van der Waals surface area contributed by atoms with E-state index in [1.54, 1.807) is 0 Å². The Morgan fingerprint density at radius 3 is 2.88 bits per heavy atom. The van der Waals surface area contributed by atoms with E-state index in [0.717, 1.165) is 0 Å². The molecule has 1 saturated heterocycles. The minimum Gasteiger partial charge on any atom is -0.382 e. The van der Waals surface area contributed by atoms with Gasteiger partial charge in [-0.3, -0.25) is 9.59 Å². The first kappa shape index (κ1) is 10.3. The highest BCUT2D eigenvalue weighted by molar-refractivity contribution is 5.93. The highest BCUT2D eigenvalue weighted by Gasteiger charge is 2.23. The zero-order chi connectivity index (χ0) is 11.5. The van der Waals surface area contributed by atoms with E-state index in [1.807, 2.05) is 0 Å². The van der Waals surface area contributed by atoms with Gasteiger partial charge >= 0.3 is 0 Å². The van der Waals surface area contributed by atoms with Gasteiger partial charge in [-0.2, -0.15) is 0 Å². The number of carbonyl (C=O) groups is 2. The molecule has 2 amide bonds. The van der Waals surface area contributed by atoms with E-state index in [9.17, 15) is 9.59 Å². The molecule has 84 valence electrons. The second-order valence-corrected chi connectivity index (χ2v) is 3.52. The van der Waals surface area contributed by atoms with Crippen LogP contribution in [0.4, 0.5) is 5.82 Å². The van der Waals surface area contributed by atoms with Crippen molar-refractivity contribution in [3.05, 3.63) is 17.8 Å². The number of nitrogens with zero attached hydrogens (tertiary/aromatic N) is 2. The average Bonchev–Trinajstić information content (AvgIpc) is 2.65. The van der Waals surface area contributed by atoms with Crippen LogP contribution in [-0.4, -0.2) is 34.6 Å². The maximum absolute atomic E-state index is 11.6. The van der Waals surface area contributed by atoms with E-state index in [1.165, 1.54) is 12.1 Å². The molecule has 0 aliphatic carbocycles. The number of nitrogens with two attached hydrogens (primary N) is 1. The Labute approximate surface area is 91.4 Å². The second kappa shape index (κ2) is 4.13. The molecule has 0 spiro atoms. The lowest BCUT2D eigenvalue weighted by molar-refractivity contribution is -0.119. The summed E-state index contributed by atoms with van der Waals surface area (Å²) < 4.78 is 0. The third-order valence-electron chi connectivity index (χ3n) is 2.23. The summed E-state index contributed by atoms with van der Waals surface area (Å²) in [6.07, 6.45) is 0.300. The lowest BCUT2D eigenvalue weighted by Crippen LogP contribution is -2.36. The predicted octanol–water partition coefficient (Wildman–Crippen LogP) is -1.32. The van der Waals surface area contributed by atoms with Crippen molar-refractivity contribution >= 4 is 17.6 Å². The van der Waals surface area contributed by atoms with Crippen LogP contribution in [0, 0.1) is 0 Å². The molecule has 1 unspecified atom stereocenters. The maximum Gasteiger partial charge on any atom is 0.272 e. The van der Waals surface area contributed by atoms with Gasteiger partial charge in [0.25, 0.3) is 5.91 Å². The number of hydrogen-bond donors (Lipinski definition) is 3. The van der Waals surface area contributed by atoms with Gasteiger partial charge in [0, 0.05) is 13.0 Å². The summed E-state index contributed by atoms with van der Waals surface area (Å²) in [5.74, 6) is -0.156. The van der Waals surface area contributed by atoms with Crippen molar-refractivity contribution in [2.75, 3.05) is 12.3 Å². The van der Waals surface area contributed by atoms with Gasteiger partial charge in [0.15, 0.2) is 5.69 Å². The standard InChI is InChI=1S/C9H11N5O2/c10-7-2-1-6(13-14-7)9(16)12-5-3-8(15)11-4-5/h1-2,5H,3-4H2,(H2,10,14)(H,11,15)(H,12,16). The van der Waals surface area contributed by atoms with Crippen LogP contribution < -0.4 is 16.4 Å². The number of carbonyl (C=O) groups excluding carboxylic acids is 2. The van der Waals surface area contributed by atoms with Crippen LogP contribution >= 0.6 is 0 Å². The zero-order valence-corrected chi connectivity index (χ0v) is 8.43. The molecule has 1 fully saturated rings. The van der Waals surface area contributed by atoms with Gasteiger partial charge in [-0.05, 0) is 12.1 Å². The molecule has 1 aliphatic heterocycles. The largest absolute Gasteiger partial charge is 0.382 e. The Morgan fingerprint density at radius 2 is 2.31 bits per heavy atom. The van der Waals surface area contributed by atoms with Gasteiger partial charge in [-0.25, -0.2) is 0 Å². The fourth-order valence-electron chi connectivity index (χ4n) is 1.43. The second-order valence-electron chi connectivity index (χ2n) is 3.52. The highest BCUT2D eigenvalue weighted by Crippen LogP contribution is 2.02. The van der Waals surface area contributed by atoms with Crippen molar-refractivity contribution in [1.29, 1.82) is 0 Å². The van der Waals surface area contributed by atoms with Crippen molar-refractivity contribution < 1.29 is 9.59 Å². The van der Waals surface area contributed by atoms with Crippen LogP contribution in [-0.2, 0) is 4.79 Å². The molecule has 1 atom stereocenters. The molecule has 1 aliphatic rings. The number of amides is 2. The first-order valence-electron chi connectivity index (χ1n) is 4.82. The highest BCUT2D eigenvalue weighted by atomic mass is 16.2. The quantitative estimate of drug-likeness (QED) is 0.573. The monoisotopic (exact) mass is 221 g/mol. The molecule has 2 heterocycles. The van der Waals surface area contributed by atoms with Gasteiger partial charge in [0.2, 0.25) is 5.91 Å². The van der Waals surface area contributed by atoms with Gasteiger partial charge in [-0.15, -0.1) is 10.2 Å². The van der Waals surface area contributed by atoms with Crippen molar-refractivity contribution in [2.24, 2.45) is 0 Å². The number of aromatic nitrogens is 2. The average molecular weight is 221 g/mol. The van der Waals surface area contributed by atoms with E-state index in [0.29, 0.717) is 13.0 Å². The van der Waals surface area contributed by atoms with Crippen molar-refractivity contribution in [1.82, 2.24) is 20.8 Å². The Bertz CT molecular complexity index is 416. The molecule has 1 aromatic rings. The minimum absolute atomic E-state index is 0.0614. The van der Waals surface area contributed by atoms with Gasteiger partial charge in [0.05, 0.1) is 6.04 Å². The third kappa shape index (κ3) is 2.25. The lowest BCUT2D eigenvalue weighted by atomic mass is 10.2. The number of anilines is 1. The van der Waals surface area contributed by atoms with E-state index < -0.39 is 0 Å². The summed E-state index contributed by atoms with van der Waals surface area (Å²) >= 11 is 0. The summed E-state index contributed by atoms with van der Waals surface area (Å²) in [4.78, 5) is 22.5. The molecule has 0 bridgehead atoms. The SMILES string of the molecule is Nc1ccc(C(=O)NC2CNC(=O)C2)nn1. The minimum atomic E-state index is -0.353. The number of nitrogens with one attached hydrogen (secondary N) is 2. The molecule has 0 aromatic carbocycles. The van der Waals surface area contributed by atoms with Crippen LogP contribution in [0.1, 0.15) is 16.9 Å². The van der Waals surface area contributed by atoms with Gasteiger partial charge in [0.1, 0.15) is 5.82 Å². The first-order valence-corrected chi connectivity index (χ1v) is 4.82. The van der Waals surface area contributed by atoms with Crippen LogP contribution in [0.25, 0.3) is 0 Å². The molecule has 0 radical (unpaired) electrons. The Kier molecular flexibility index (Phi) is 2.67. The summed E-state index contributed by atoms with van der Waals surface area (Å²) in [5, 5.41) is 12.5. The molecular formula is C9H11N5O2. The normalized spacial score (nSPS) is 19.2.